The third kappa shape index (κ3) is 5.31. The summed E-state index contributed by atoms with van der Waals surface area (Å²) >= 11 is 0. The van der Waals surface area contributed by atoms with E-state index in [2.05, 4.69) is 10.2 Å². The Kier molecular flexibility index (Phi) is 6.44. The van der Waals surface area contributed by atoms with Crippen LogP contribution in [0.2, 0.25) is 0 Å². The van der Waals surface area contributed by atoms with E-state index >= 15 is 0 Å². The summed E-state index contributed by atoms with van der Waals surface area (Å²) in [6, 6.07) is 3.94. The van der Waals surface area contributed by atoms with Crippen LogP contribution in [0.3, 0.4) is 0 Å². The van der Waals surface area contributed by atoms with Crippen LogP contribution >= 0.6 is 0 Å². The molecule has 0 radical (unpaired) electrons. The SMILES string of the molecule is CC(C#N)(CCC=O)/N=N/C(C)(C#N)CCC=O. The third-order valence-electron chi connectivity index (χ3n) is 2.47. The molecule has 0 heterocycles. The number of hydrogen-bond acceptors (Lipinski definition) is 6. The van der Waals surface area contributed by atoms with Gasteiger partial charge in [0.1, 0.15) is 12.6 Å². The predicted molar refractivity (Wildman–Crippen MR) is 63.5 cm³/mol. The Morgan fingerprint density at radius 2 is 1.28 bits per heavy atom. The molecule has 0 N–H and O–H groups in total. The van der Waals surface area contributed by atoms with Gasteiger partial charge in [0.25, 0.3) is 0 Å². The second-order valence-corrected chi connectivity index (χ2v) is 4.38. The first kappa shape index (κ1) is 15.9. The van der Waals surface area contributed by atoms with Gasteiger partial charge in [-0.15, -0.1) is 0 Å². The molecule has 18 heavy (non-hydrogen) atoms. The van der Waals surface area contributed by atoms with Gasteiger partial charge in [0, 0.05) is 12.8 Å². The Balaban J connectivity index is 4.85. The van der Waals surface area contributed by atoms with Crippen molar-refractivity contribution in [2.45, 2.75) is 50.6 Å². The molecule has 2 unspecified atom stereocenters. The highest BCUT2D eigenvalue weighted by atomic mass is 16.1. The zero-order valence-electron chi connectivity index (χ0n) is 10.6. The molecule has 0 aliphatic heterocycles. The van der Waals surface area contributed by atoms with Gasteiger partial charge in [-0.3, -0.25) is 0 Å². The molecule has 0 aliphatic rings. The van der Waals surface area contributed by atoms with Crippen molar-refractivity contribution in [1.29, 1.82) is 10.5 Å². The minimum Gasteiger partial charge on any atom is -0.303 e. The van der Waals surface area contributed by atoms with Crippen LogP contribution in [-0.4, -0.2) is 23.7 Å². The van der Waals surface area contributed by atoms with Crippen molar-refractivity contribution in [3.05, 3.63) is 0 Å². The highest BCUT2D eigenvalue weighted by Crippen LogP contribution is 2.22. The van der Waals surface area contributed by atoms with Crippen LogP contribution in [0.5, 0.6) is 0 Å². The van der Waals surface area contributed by atoms with E-state index in [-0.39, 0.29) is 25.7 Å². The highest BCUT2D eigenvalue weighted by Gasteiger charge is 2.27. The lowest BCUT2D eigenvalue weighted by Gasteiger charge is -2.18. The molecule has 0 saturated carbocycles. The van der Waals surface area contributed by atoms with Gasteiger partial charge >= 0.3 is 0 Å². The van der Waals surface area contributed by atoms with Crippen LogP contribution in [0.1, 0.15) is 39.5 Å². The van der Waals surface area contributed by atoms with E-state index in [1.165, 1.54) is 0 Å². The maximum Gasteiger partial charge on any atom is 0.165 e. The van der Waals surface area contributed by atoms with E-state index in [1.54, 1.807) is 13.8 Å². The molecule has 0 bridgehead atoms. The molecule has 0 aromatic carbocycles. The second kappa shape index (κ2) is 7.29. The fourth-order valence-electron chi connectivity index (χ4n) is 1.16. The van der Waals surface area contributed by atoms with E-state index < -0.39 is 11.1 Å². The number of carbonyl (C=O) groups is 2. The van der Waals surface area contributed by atoms with Crippen LogP contribution in [0.4, 0.5) is 0 Å². The fraction of sp³-hybridized carbons (Fsp3) is 0.667. The number of carbonyl (C=O) groups excluding carboxylic acids is 2. The Labute approximate surface area is 106 Å². The minimum absolute atomic E-state index is 0.209. The third-order valence-corrected chi connectivity index (χ3v) is 2.47. The van der Waals surface area contributed by atoms with Gasteiger partial charge in [0.15, 0.2) is 11.1 Å². The average molecular weight is 248 g/mol. The molecule has 0 spiro atoms. The van der Waals surface area contributed by atoms with Crippen LogP contribution in [0, 0.1) is 22.7 Å². The summed E-state index contributed by atoms with van der Waals surface area (Å²) in [5.41, 5.74) is -2.22. The molecular weight excluding hydrogens is 232 g/mol. The van der Waals surface area contributed by atoms with Gasteiger partial charge in [-0.1, -0.05) is 0 Å². The standard InChI is InChI=1S/C12H16N4O2/c1-11(9-13,5-3-7-17)15-16-12(2,10-14)6-4-8-18/h7-8H,3-6H2,1-2H3/b16-15+. The normalized spacial score (nSPS) is 17.1. The summed E-state index contributed by atoms with van der Waals surface area (Å²) < 4.78 is 0. The summed E-state index contributed by atoms with van der Waals surface area (Å²) in [5, 5.41) is 25.7. The lowest BCUT2D eigenvalue weighted by Crippen LogP contribution is -2.23. The molecule has 6 heteroatoms. The molecular formula is C12H16N4O2. The van der Waals surface area contributed by atoms with Gasteiger partial charge in [-0.2, -0.15) is 20.8 Å². The van der Waals surface area contributed by atoms with E-state index in [1.807, 2.05) is 12.1 Å². The maximum atomic E-state index is 10.3. The Morgan fingerprint density at radius 1 is 0.944 bits per heavy atom. The van der Waals surface area contributed by atoms with E-state index in [0.29, 0.717) is 12.6 Å². The highest BCUT2D eigenvalue weighted by molar-refractivity contribution is 5.50. The van der Waals surface area contributed by atoms with E-state index in [9.17, 15) is 9.59 Å². The smallest absolute Gasteiger partial charge is 0.165 e. The first-order valence-corrected chi connectivity index (χ1v) is 5.59. The summed E-state index contributed by atoms with van der Waals surface area (Å²) in [7, 11) is 0. The average Bonchev–Trinajstić information content (AvgIpc) is 2.40. The number of hydrogen-bond donors (Lipinski definition) is 0. The molecule has 0 aromatic rings. The van der Waals surface area contributed by atoms with E-state index in [0.717, 1.165) is 0 Å². The summed E-state index contributed by atoms with van der Waals surface area (Å²) in [6.07, 6.45) is 2.35. The van der Waals surface area contributed by atoms with Gasteiger partial charge in [0.05, 0.1) is 12.1 Å². The van der Waals surface area contributed by atoms with E-state index in [4.69, 9.17) is 10.5 Å². The number of nitrogens with zero attached hydrogens (tertiary/aromatic N) is 4. The van der Waals surface area contributed by atoms with Crippen molar-refractivity contribution >= 4 is 12.6 Å². The van der Waals surface area contributed by atoms with Crippen LogP contribution in [0.25, 0.3) is 0 Å². The summed E-state index contributed by atoms with van der Waals surface area (Å²) in [5.74, 6) is 0. The van der Waals surface area contributed by atoms with Crippen molar-refractivity contribution in [1.82, 2.24) is 0 Å². The number of azo groups is 1. The zero-order valence-corrected chi connectivity index (χ0v) is 10.6. The molecule has 0 saturated heterocycles. The molecule has 0 amide bonds. The van der Waals surface area contributed by atoms with Crippen molar-refractivity contribution in [2.24, 2.45) is 10.2 Å². The van der Waals surface area contributed by atoms with Gasteiger partial charge in [-0.05, 0) is 26.7 Å². The largest absolute Gasteiger partial charge is 0.303 e. The molecule has 0 aliphatic carbocycles. The fourth-order valence-corrected chi connectivity index (χ4v) is 1.16. The minimum atomic E-state index is -1.11. The number of aldehydes is 2. The molecule has 96 valence electrons. The lowest BCUT2D eigenvalue weighted by molar-refractivity contribution is -0.108. The van der Waals surface area contributed by atoms with Crippen molar-refractivity contribution < 1.29 is 9.59 Å². The molecule has 6 nitrogen and oxygen atoms in total. The maximum absolute atomic E-state index is 10.3. The summed E-state index contributed by atoms with van der Waals surface area (Å²) in [4.78, 5) is 20.6. The molecule has 0 fully saturated rings. The van der Waals surface area contributed by atoms with Gasteiger partial charge in [-0.25, -0.2) is 0 Å². The summed E-state index contributed by atoms with van der Waals surface area (Å²) in [6.45, 7) is 3.11. The van der Waals surface area contributed by atoms with Crippen molar-refractivity contribution in [3.8, 4) is 12.1 Å². The van der Waals surface area contributed by atoms with Crippen LogP contribution < -0.4 is 0 Å². The number of nitriles is 2. The molecule has 2 atom stereocenters. The van der Waals surface area contributed by atoms with Crippen LogP contribution in [-0.2, 0) is 9.59 Å². The monoisotopic (exact) mass is 248 g/mol. The predicted octanol–water partition coefficient (Wildman–Crippen LogP) is 1.96. The van der Waals surface area contributed by atoms with Crippen molar-refractivity contribution in [2.75, 3.05) is 0 Å². The lowest BCUT2D eigenvalue weighted by atomic mass is 9.98. The van der Waals surface area contributed by atoms with Crippen molar-refractivity contribution in [3.63, 3.8) is 0 Å². The topological polar surface area (TPSA) is 106 Å². The van der Waals surface area contributed by atoms with Gasteiger partial charge < -0.3 is 9.59 Å². The molecule has 0 rings (SSSR count). The Morgan fingerprint density at radius 3 is 1.50 bits per heavy atom. The first-order valence-electron chi connectivity index (χ1n) is 5.59. The Hall–Kier alpha value is -2.08. The molecule has 0 aromatic heterocycles. The Bertz CT molecular complexity index is 369. The first-order chi connectivity index (χ1) is 8.45. The van der Waals surface area contributed by atoms with Gasteiger partial charge in [0.2, 0.25) is 0 Å². The van der Waals surface area contributed by atoms with Crippen LogP contribution in [0.15, 0.2) is 10.2 Å². The quantitative estimate of drug-likeness (QED) is 0.483. The second-order valence-electron chi connectivity index (χ2n) is 4.38. The zero-order chi connectivity index (χ0) is 14.1. The number of rotatable bonds is 8.